The van der Waals surface area contributed by atoms with Gasteiger partial charge < -0.3 is 5.32 Å². The highest BCUT2D eigenvalue weighted by molar-refractivity contribution is 7.98. The van der Waals surface area contributed by atoms with E-state index in [9.17, 15) is 0 Å². The molecule has 0 amide bonds. The Balaban J connectivity index is 2.36. The van der Waals surface area contributed by atoms with Crippen LogP contribution in [0, 0.1) is 0 Å². The molecule has 1 N–H and O–H groups in total. The average molecular weight is 181 g/mol. The molecule has 1 aliphatic rings. The first-order valence-corrected chi connectivity index (χ1v) is 5.16. The lowest BCUT2D eigenvalue weighted by atomic mass is 10.2. The molecule has 0 fully saturated rings. The van der Waals surface area contributed by atoms with Gasteiger partial charge in [-0.1, -0.05) is 0 Å². The second kappa shape index (κ2) is 3.31. The number of nitrogens with zero attached hydrogens (tertiary/aromatic N) is 2. The van der Waals surface area contributed by atoms with Crippen molar-refractivity contribution in [3.8, 4) is 0 Å². The molecule has 0 bridgehead atoms. The summed E-state index contributed by atoms with van der Waals surface area (Å²) in [5.74, 6) is 3.14. The molecular weight excluding hydrogens is 170 g/mol. The highest BCUT2D eigenvalue weighted by Crippen LogP contribution is 2.23. The van der Waals surface area contributed by atoms with Crippen LogP contribution in [-0.4, -0.2) is 23.0 Å². The normalized spacial score (nSPS) is 15.4. The van der Waals surface area contributed by atoms with Crippen LogP contribution in [0.1, 0.15) is 11.3 Å². The lowest BCUT2D eigenvalue weighted by molar-refractivity contribution is 0.894. The van der Waals surface area contributed by atoms with E-state index in [1.54, 1.807) is 0 Å². The maximum atomic E-state index is 4.16. The first-order chi connectivity index (χ1) is 5.90. The Hall–Kier alpha value is -0.770. The minimum absolute atomic E-state index is 0.872. The van der Waals surface area contributed by atoms with Crippen LogP contribution in [0.2, 0.25) is 0 Å². The van der Waals surface area contributed by atoms with E-state index < -0.39 is 0 Å². The monoisotopic (exact) mass is 181 g/mol. The molecule has 0 atom stereocenters. The summed E-state index contributed by atoms with van der Waals surface area (Å²) >= 11 is 1.96. The van der Waals surface area contributed by atoms with E-state index in [0.29, 0.717) is 0 Å². The second-order valence-corrected chi connectivity index (χ2v) is 3.86. The summed E-state index contributed by atoms with van der Waals surface area (Å²) in [7, 11) is 1.87. The first kappa shape index (κ1) is 7.86. The Labute approximate surface area is 76.0 Å². The number of thioether (sulfide) groups is 1. The maximum Gasteiger partial charge on any atom is 0.148 e. The van der Waals surface area contributed by atoms with Crippen LogP contribution in [0.4, 0.5) is 5.82 Å². The van der Waals surface area contributed by atoms with Crippen LogP contribution < -0.4 is 5.32 Å². The fourth-order valence-corrected chi connectivity index (χ4v) is 2.22. The van der Waals surface area contributed by atoms with Crippen LogP contribution in [0.3, 0.4) is 0 Å². The van der Waals surface area contributed by atoms with E-state index in [1.807, 2.05) is 18.8 Å². The van der Waals surface area contributed by atoms with Crippen molar-refractivity contribution in [3.05, 3.63) is 17.3 Å². The zero-order chi connectivity index (χ0) is 8.39. The Morgan fingerprint density at radius 2 is 2.42 bits per heavy atom. The molecule has 0 unspecified atom stereocenters. The molecular formula is C8H11N3S. The molecule has 2 rings (SSSR count). The summed E-state index contributed by atoms with van der Waals surface area (Å²) in [4.78, 5) is 0. The Kier molecular flexibility index (Phi) is 2.17. The van der Waals surface area contributed by atoms with Crippen molar-refractivity contribution < 1.29 is 0 Å². The van der Waals surface area contributed by atoms with E-state index >= 15 is 0 Å². The fraction of sp³-hybridized carbons (Fsp3) is 0.500. The minimum Gasteiger partial charge on any atom is -0.372 e. The van der Waals surface area contributed by atoms with Gasteiger partial charge >= 0.3 is 0 Å². The highest BCUT2D eigenvalue weighted by Gasteiger charge is 2.11. The van der Waals surface area contributed by atoms with Crippen LogP contribution in [0.25, 0.3) is 0 Å². The number of aryl methyl sites for hydroxylation is 1. The zero-order valence-corrected chi connectivity index (χ0v) is 7.82. The lowest BCUT2D eigenvalue weighted by Crippen LogP contribution is -2.08. The van der Waals surface area contributed by atoms with Crippen LogP contribution in [0.5, 0.6) is 0 Å². The Morgan fingerprint density at radius 3 is 3.25 bits per heavy atom. The third kappa shape index (κ3) is 1.39. The van der Waals surface area contributed by atoms with Gasteiger partial charge in [0.1, 0.15) is 5.82 Å². The van der Waals surface area contributed by atoms with Gasteiger partial charge in [0, 0.05) is 19.2 Å². The van der Waals surface area contributed by atoms with Crippen LogP contribution in [0.15, 0.2) is 6.07 Å². The molecule has 3 nitrogen and oxygen atoms in total. The van der Waals surface area contributed by atoms with E-state index in [1.165, 1.54) is 17.0 Å². The molecule has 4 heteroatoms. The quantitative estimate of drug-likeness (QED) is 0.709. The SMILES string of the molecule is CNc1cc2c(nn1)CCSC2. The van der Waals surface area contributed by atoms with Crippen molar-refractivity contribution in [3.63, 3.8) is 0 Å². The summed E-state index contributed by atoms with van der Waals surface area (Å²) in [6.45, 7) is 0. The topological polar surface area (TPSA) is 37.8 Å². The predicted octanol–water partition coefficient (Wildman–Crippen LogP) is 1.31. The second-order valence-electron chi connectivity index (χ2n) is 2.75. The fourth-order valence-electron chi connectivity index (χ4n) is 1.26. The molecule has 12 heavy (non-hydrogen) atoms. The molecule has 0 aliphatic carbocycles. The number of nitrogens with one attached hydrogen (secondary N) is 1. The smallest absolute Gasteiger partial charge is 0.148 e. The van der Waals surface area contributed by atoms with Gasteiger partial charge in [-0.05, 0) is 17.4 Å². The van der Waals surface area contributed by atoms with E-state index in [2.05, 4.69) is 21.6 Å². The lowest BCUT2D eigenvalue weighted by Gasteiger charge is -2.13. The summed E-state index contributed by atoms with van der Waals surface area (Å²) in [6.07, 6.45) is 1.07. The Morgan fingerprint density at radius 1 is 1.50 bits per heavy atom. The van der Waals surface area contributed by atoms with Gasteiger partial charge in [0.25, 0.3) is 0 Å². The molecule has 0 aromatic carbocycles. The van der Waals surface area contributed by atoms with Gasteiger partial charge in [-0.2, -0.15) is 16.9 Å². The third-order valence-electron chi connectivity index (χ3n) is 1.96. The van der Waals surface area contributed by atoms with Crippen molar-refractivity contribution in [2.24, 2.45) is 0 Å². The number of aromatic nitrogens is 2. The summed E-state index contributed by atoms with van der Waals surface area (Å²) in [6, 6.07) is 2.09. The van der Waals surface area contributed by atoms with E-state index in [-0.39, 0.29) is 0 Å². The van der Waals surface area contributed by atoms with E-state index in [4.69, 9.17) is 0 Å². The number of fused-ring (bicyclic) bond motifs is 1. The average Bonchev–Trinajstić information content (AvgIpc) is 2.17. The molecule has 2 heterocycles. The van der Waals surface area contributed by atoms with Crippen LogP contribution >= 0.6 is 11.8 Å². The van der Waals surface area contributed by atoms with Crippen molar-refractivity contribution in [2.75, 3.05) is 18.1 Å². The summed E-state index contributed by atoms with van der Waals surface area (Å²) in [5.41, 5.74) is 2.51. The van der Waals surface area contributed by atoms with Crippen LogP contribution in [-0.2, 0) is 12.2 Å². The minimum atomic E-state index is 0.872. The van der Waals surface area contributed by atoms with Crippen molar-refractivity contribution >= 4 is 17.6 Å². The predicted molar refractivity (Wildman–Crippen MR) is 51.4 cm³/mol. The van der Waals surface area contributed by atoms with Gasteiger partial charge in [0.2, 0.25) is 0 Å². The molecule has 1 aliphatic heterocycles. The summed E-state index contributed by atoms with van der Waals surface area (Å²) < 4.78 is 0. The molecule has 0 saturated carbocycles. The highest BCUT2D eigenvalue weighted by atomic mass is 32.2. The third-order valence-corrected chi connectivity index (χ3v) is 2.96. The molecule has 0 saturated heterocycles. The van der Waals surface area contributed by atoms with Gasteiger partial charge in [0.05, 0.1) is 5.69 Å². The summed E-state index contributed by atoms with van der Waals surface area (Å²) in [5, 5.41) is 11.2. The van der Waals surface area contributed by atoms with E-state index in [0.717, 1.165) is 18.0 Å². The molecule has 0 radical (unpaired) electrons. The zero-order valence-electron chi connectivity index (χ0n) is 7.00. The maximum absolute atomic E-state index is 4.16. The molecule has 64 valence electrons. The van der Waals surface area contributed by atoms with Crippen molar-refractivity contribution in [1.29, 1.82) is 0 Å². The largest absolute Gasteiger partial charge is 0.372 e. The van der Waals surface area contributed by atoms with Gasteiger partial charge in [-0.15, -0.1) is 5.10 Å². The molecule has 0 spiro atoms. The van der Waals surface area contributed by atoms with Crippen molar-refractivity contribution in [1.82, 2.24) is 10.2 Å². The number of anilines is 1. The number of hydrogen-bond acceptors (Lipinski definition) is 4. The first-order valence-electron chi connectivity index (χ1n) is 4.01. The number of hydrogen-bond donors (Lipinski definition) is 1. The molecule has 1 aromatic rings. The molecule has 1 aromatic heterocycles. The Bertz CT molecular complexity index is 288. The van der Waals surface area contributed by atoms with Gasteiger partial charge in [-0.3, -0.25) is 0 Å². The number of rotatable bonds is 1. The van der Waals surface area contributed by atoms with Gasteiger partial charge in [-0.25, -0.2) is 0 Å². The van der Waals surface area contributed by atoms with Gasteiger partial charge in [0.15, 0.2) is 0 Å². The van der Waals surface area contributed by atoms with Crippen molar-refractivity contribution in [2.45, 2.75) is 12.2 Å². The standard InChI is InChI=1S/C8H11N3S/c1-9-8-4-6-5-12-3-2-7(6)10-11-8/h4H,2-3,5H2,1H3,(H,9,11).